The van der Waals surface area contributed by atoms with Crippen LogP contribution in [0.2, 0.25) is 0 Å². The first-order valence-corrected chi connectivity index (χ1v) is 5.68. The van der Waals surface area contributed by atoms with Gasteiger partial charge in [-0.15, -0.1) is 0 Å². The molecule has 0 spiro atoms. The summed E-state index contributed by atoms with van der Waals surface area (Å²) in [6.07, 6.45) is 0. The van der Waals surface area contributed by atoms with Gasteiger partial charge in [-0.3, -0.25) is 4.90 Å². The van der Waals surface area contributed by atoms with Crippen molar-refractivity contribution in [2.24, 2.45) is 0 Å². The molecule has 1 aromatic carbocycles. The lowest BCUT2D eigenvalue weighted by Crippen LogP contribution is -2.25. The number of benzene rings is 1. The van der Waals surface area contributed by atoms with Crippen molar-refractivity contribution in [3.63, 3.8) is 0 Å². The highest BCUT2D eigenvalue weighted by molar-refractivity contribution is 5.34. The van der Waals surface area contributed by atoms with Gasteiger partial charge >= 0.3 is 0 Å². The molecule has 0 saturated carbocycles. The summed E-state index contributed by atoms with van der Waals surface area (Å²) in [7, 11) is 2.18. The molecule has 15 heavy (non-hydrogen) atoms. The van der Waals surface area contributed by atoms with Gasteiger partial charge in [0.15, 0.2) is 0 Å². The monoisotopic (exact) mass is 204 g/mol. The molecule has 0 bridgehead atoms. The molecule has 1 aliphatic heterocycles. The molecule has 0 atom stereocenters. The molecule has 2 nitrogen and oxygen atoms in total. The molecule has 1 aliphatic rings. The van der Waals surface area contributed by atoms with Crippen LogP contribution in [0, 0.1) is 0 Å². The van der Waals surface area contributed by atoms with E-state index in [0.29, 0.717) is 6.04 Å². The summed E-state index contributed by atoms with van der Waals surface area (Å²) in [5.74, 6) is 0. The van der Waals surface area contributed by atoms with Gasteiger partial charge in [0.05, 0.1) is 0 Å². The highest BCUT2D eigenvalue weighted by Crippen LogP contribution is 2.18. The molecule has 82 valence electrons. The summed E-state index contributed by atoms with van der Waals surface area (Å²) < 4.78 is 0. The molecule has 0 fully saturated rings. The molecule has 1 N–H and O–H groups in total. The van der Waals surface area contributed by atoms with E-state index in [2.05, 4.69) is 49.3 Å². The van der Waals surface area contributed by atoms with Gasteiger partial charge in [0, 0.05) is 25.7 Å². The van der Waals surface area contributed by atoms with Crippen molar-refractivity contribution in [2.45, 2.75) is 39.5 Å². The van der Waals surface area contributed by atoms with Gasteiger partial charge in [0.25, 0.3) is 0 Å². The maximum absolute atomic E-state index is 3.38. The lowest BCUT2D eigenvalue weighted by molar-refractivity contribution is 0.266. The van der Waals surface area contributed by atoms with E-state index < -0.39 is 0 Å². The highest BCUT2D eigenvalue weighted by Gasteiger charge is 2.11. The van der Waals surface area contributed by atoms with E-state index >= 15 is 0 Å². The Morgan fingerprint density at radius 3 is 2.73 bits per heavy atom. The second-order valence-electron chi connectivity index (χ2n) is 4.72. The van der Waals surface area contributed by atoms with Gasteiger partial charge < -0.3 is 5.32 Å². The third kappa shape index (κ3) is 2.39. The highest BCUT2D eigenvalue weighted by atomic mass is 15.1. The first kappa shape index (κ1) is 10.7. The van der Waals surface area contributed by atoms with Gasteiger partial charge in [-0.1, -0.05) is 18.2 Å². The van der Waals surface area contributed by atoms with Crippen molar-refractivity contribution in [3.8, 4) is 0 Å². The third-order valence-electron chi connectivity index (χ3n) is 3.22. The molecular weight excluding hydrogens is 184 g/mol. The summed E-state index contributed by atoms with van der Waals surface area (Å²) in [4.78, 5) is 2.37. The van der Waals surface area contributed by atoms with Crippen LogP contribution >= 0.6 is 0 Å². The molecule has 2 rings (SSSR count). The molecule has 1 heterocycles. The van der Waals surface area contributed by atoms with E-state index in [4.69, 9.17) is 0 Å². The maximum atomic E-state index is 3.38. The summed E-state index contributed by atoms with van der Waals surface area (Å²) in [6.45, 7) is 7.58. The minimum absolute atomic E-state index is 0.608. The summed E-state index contributed by atoms with van der Waals surface area (Å²) in [5.41, 5.74) is 4.37. The molecule has 0 radical (unpaired) electrons. The number of hydrogen-bond acceptors (Lipinski definition) is 2. The van der Waals surface area contributed by atoms with Crippen LogP contribution in [-0.2, 0) is 19.6 Å². The lowest BCUT2D eigenvalue weighted by atomic mass is 10.1. The minimum atomic E-state index is 0.608. The van der Waals surface area contributed by atoms with Crippen molar-refractivity contribution in [2.75, 3.05) is 7.05 Å². The first-order chi connectivity index (χ1) is 7.16. The van der Waals surface area contributed by atoms with E-state index in [1.165, 1.54) is 16.7 Å². The SMILES string of the molecule is CC(C)N(C)Cc1ccc2c(c1)CNC2. The third-order valence-corrected chi connectivity index (χ3v) is 3.22. The largest absolute Gasteiger partial charge is 0.309 e. The number of hydrogen-bond donors (Lipinski definition) is 1. The average Bonchev–Trinajstić information content (AvgIpc) is 2.64. The van der Waals surface area contributed by atoms with Crippen LogP contribution < -0.4 is 5.32 Å². The van der Waals surface area contributed by atoms with Gasteiger partial charge in [-0.05, 0) is 37.6 Å². The predicted octanol–water partition coefficient (Wildman–Crippen LogP) is 2.13. The summed E-state index contributed by atoms with van der Waals surface area (Å²) >= 11 is 0. The van der Waals surface area contributed by atoms with Crippen LogP contribution in [0.15, 0.2) is 18.2 Å². The predicted molar refractivity (Wildman–Crippen MR) is 63.6 cm³/mol. The molecule has 1 aromatic rings. The van der Waals surface area contributed by atoms with E-state index in [1.54, 1.807) is 0 Å². The molecule has 0 aliphatic carbocycles. The van der Waals surface area contributed by atoms with Gasteiger partial charge in [0.2, 0.25) is 0 Å². The Morgan fingerprint density at radius 2 is 2.00 bits per heavy atom. The molecule has 0 aromatic heterocycles. The van der Waals surface area contributed by atoms with Crippen molar-refractivity contribution in [1.82, 2.24) is 10.2 Å². The molecule has 2 heteroatoms. The van der Waals surface area contributed by atoms with Crippen molar-refractivity contribution in [1.29, 1.82) is 0 Å². The number of rotatable bonds is 3. The fourth-order valence-electron chi connectivity index (χ4n) is 1.92. The fourth-order valence-corrected chi connectivity index (χ4v) is 1.92. The smallest absolute Gasteiger partial charge is 0.0233 e. The van der Waals surface area contributed by atoms with Crippen LogP contribution in [-0.4, -0.2) is 18.0 Å². The minimum Gasteiger partial charge on any atom is -0.309 e. The summed E-state index contributed by atoms with van der Waals surface area (Å²) in [5, 5.41) is 3.38. The van der Waals surface area contributed by atoms with Crippen LogP contribution in [0.1, 0.15) is 30.5 Å². The van der Waals surface area contributed by atoms with Crippen LogP contribution in [0.3, 0.4) is 0 Å². The zero-order chi connectivity index (χ0) is 10.8. The maximum Gasteiger partial charge on any atom is 0.0233 e. The first-order valence-electron chi connectivity index (χ1n) is 5.68. The lowest BCUT2D eigenvalue weighted by Gasteiger charge is -2.21. The van der Waals surface area contributed by atoms with Crippen LogP contribution in [0.25, 0.3) is 0 Å². The van der Waals surface area contributed by atoms with Crippen LogP contribution in [0.4, 0.5) is 0 Å². The standard InChI is InChI=1S/C13H20N2/c1-10(2)15(3)9-11-4-5-12-7-14-8-13(12)6-11/h4-6,10,14H,7-9H2,1-3H3. The number of fused-ring (bicyclic) bond motifs is 1. The quantitative estimate of drug-likeness (QED) is 0.811. The Bertz CT molecular complexity index is 344. The Morgan fingerprint density at radius 1 is 1.27 bits per heavy atom. The second-order valence-corrected chi connectivity index (χ2v) is 4.72. The van der Waals surface area contributed by atoms with E-state index in [-0.39, 0.29) is 0 Å². The molecule has 0 amide bonds. The Labute approximate surface area is 92.3 Å². The molecule has 0 unspecified atom stereocenters. The van der Waals surface area contributed by atoms with Gasteiger partial charge in [-0.2, -0.15) is 0 Å². The molecular formula is C13H20N2. The molecule has 0 saturated heterocycles. The number of nitrogens with one attached hydrogen (secondary N) is 1. The van der Waals surface area contributed by atoms with Crippen molar-refractivity contribution >= 4 is 0 Å². The zero-order valence-corrected chi connectivity index (χ0v) is 9.88. The topological polar surface area (TPSA) is 15.3 Å². The van der Waals surface area contributed by atoms with Gasteiger partial charge in [-0.25, -0.2) is 0 Å². The van der Waals surface area contributed by atoms with Gasteiger partial charge in [0.1, 0.15) is 0 Å². The van der Waals surface area contributed by atoms with Crippen LogP contribution in [0.5, 0.6) is 0 Å². The Kier molecular flexibility index (Phi) is 3.08. The second kappa shape index (κ2) is 4.33. The number of nitrogens with zero attached hydrogens (tertiary/aromatic N) is 1. The van der Waals surface area contributed by atoms with Crippen molar-refractivity contribution in [3.05, 3.63) is 34.9 Å². The normalized spacial score (nSPS) is 15.0. The van der Waals surface area contributed by atoms with E-state index in [1.807, 2.05) is 0 Å². The Hall–Kier alpha value is -0.860. The summed E-state index contributed by atoms with van der Waals surface area (Å²) in [6, 6.07) is 7.47. The Balaban J connectivity index is 2.10. The van der Waals surface area contributed by atoms with Crippen molar-refractivity contribution < 1.29 is 0 Å². The van der Waals surface area contributed by atoms with E-state index in [9.17, 15) is 0 Å². The zero-order valence-electron chi connectivity index (χ0n) is 9.88. The average molecular weight is 204 g/mol. The fraction of sp³-hybridized carbons (Fsp3) is 0.538. The van der Waals surface area contributed by atoms with E-state index in [0.717, 1.165) is 19.6 Å².